The van der Waals surface area contributed by atoms with Crippen LogP contribution in [0.3, 0.4) is 0 Å². The normalized spacial score (nSPS) is 10.5. The van der Waals surface area contributed by atoms with Crippen molar-refractivity contribution in [2.45, 2.75) is 13.3 Å². The molecule has 0 aliphatic heterocycles. The van der Waals surface area contributed by atoms with Crippen LogP contribution in [0, 0.1) is 6.92 Å². The topological polar surface area (TPSA) is 65.1 Å². The average Bonchev–Trinajstić information content (AvgIpc) is 2.61. The lowest BCUT2D eigenvalue weighted by molar-refractivity contribution is -0.128. The van der Waals surface area contributed by atoms with Gasteiger partial charge in [-0.05, 0) is 24.6 Å². The largest absolute Gasteiger partial charge is 0.361 e. The summed E-state index contributed by atoms with van der Waals surface area (Å²) in [6.07, 6.45) is 1.97. The van der Waals surface area contributed by atoms with Gasteiger partial charge >= 0.3 is 0 Å². The van der Waals surface area contributed by atoms with E-state index >= 15 is 0 Å². The quantitative estimate of drug-likeness (QED) is 0.513. The molecule has 0 unspecified atom stereocenters. The minimum absolute atomic E-state index is 0.181. The molecule has 0 aliphatic rings. The van der Waals surface area contributed by atoms with Gasteiger partial charge in [-0.2, -0.15) is 0 Å². The zero-order valence-corrected chi connectivity index (χ0v) is 8.37. The van der Waals surface area contributed by atoms with Gasteiger partial charge in [0.05, 0.1) is 6.42 Å². The van der Waals surface area contributed by atoms with Gasteiger partial charge in [0.2, 0.25) is 5.91 Å². The fraction of sp³-hybridized carbons (Fsp3) is 0.182. The maximum absolute atomic E-state index is 11.0. The number of nitrogens with one attached hydrogen (secondary N) is 2. The maximum atomic E-state index is 11.0. The fourth-order valence-electron chi connectivity index (χ4n) is 1.65. The van der Waals surface area contributed by atoms with Crippen molar-refractivity contribution in [3.8, 4) is 0 Å². The Balaban J connectivity index is 2.43. The van der Waals surface area contributed by atoms with Gasteiger partial charge in [-0.15, -0.1) is 0 Å². The number of hydroxylamine groups is 1. The molecular formula is C11H12N2O2. The van der Waals surface area contributed by atoms with Crippen LogP contribution >= 0.6 is 0 Å². The van der Waals surface area contributed by atoms with Gasteiger partial charge in [0.1, 0.15) is 0 Å². The third-order valence-electron chi connectivity index (χ3n) is 2.40. The number of rotatable bonds is 2. The molecule has 0 bridgehead atoms. The first kappa shape index (κ1) is 9.73. The third kappa shape index (κ3) is 1.85. The van der Waals surface area contributed by atoms with Crippen LogP contribution < -0.4 is 5.48 Å². The molecule has 0 radical (unpaired) electrons. The number of aryl methyl sites for hydroxylation is 1. The smallest absolute Gasteiger partial charge is 0.247 e. The summed E-state index contributed by atoms with van der Waals surface area (Å²) in [7, 11) is 0. The van der Waals surface area contributed by atoms with Crippen LogP contribution in [0.2, 0.25) is 0 Å². The molecule has 0 aliphatic carbocycles. The van der Waals surface area contributed by atoms with E-state index in [4.69, 9.17) is 5.21 Å². The Morgan fingerprint density at radius 1 is 1.53 bits per heavy atom. The zero-order chi connectivity index (χ0) is 10.8. The summed E-state index contributed by atoms with van der Waals surface area (Å²) in [5.74, 6) is -0.405. The van der Waals surface area contributed by atoms with E-state index in [1.54, 1.807) is 11.7 Å². The molecule has 1 aromatic carbocycles. The average molecular weight is 204 g/mol. The number of benzene rings is 1. The van der Waals surface area contributed by atoms with E-state index in [-0.39, 0.29) is 6.42 Å². The van der Waals surface area contributed by atoms with Gasteiger partial charge in [-0.1, -0.05) is 11.6 Å². The Hall–Kier alpha value is -1.81. The Morgan fingerprint density at radius 3 is 3.07 bits per heavy atom. The Labute approximate surface area is 86.9 Å². The molecule has 15 heavy (non-hydrogen) atoms. The van der Waals surface area contributed by atoms with Crippen LogP contribution in [0.25, 0.3) is 10.9 Å². The first-order chi connectivity index (χ1) is 7.20. The first-order valence-corrected chi connectivity index (χ1v) is 4.70. The molecule has 1 aromatic heterocycles. The van der Waals surface area contributed by atoms with Crippen LogP contribution in [-0.4, -0.2) is 16.1 Å². The van der Waals surface area contributed by atoms with Crippen molar-refractivity contribution in [3.63, 3.8) is 0 Å². The van der Waals surface area contributed by atoms with E-state index in [9.17, 15) is 4.79 Å². The molecule has 0 atom stereocenters. The highest BCUT2D eigenvalue weighted by molar-refractivity contribution is 5.88. The number of carbonyl (C=O) groups excluding carboxylic acids is 1. The molecule has 1 amide bonds. The number of hydrogen-bond donors (Lipinski definition) is 3. The second-order valence-electron chi connectivity index (χ2n) is 3.57. The number of amides is 1. The summed E-state index contributed by atoms with van der Waals surface area (Å²) in [5, 5.41) is 9.48. The van der Waals surface area contributed by atoms with Crippen molar-refractivity contribution in [1.82, 2.24) is 10.5 Å². The van der Waals surface area contributed by atoms with Crippen molar-refractivity contribution in [2.24, 2.45) is 0 Å². The summed E-state index contributed by atoms with van der Waals surface area (Å²) in [4.78, 5) is 14.1. The Morgan fingerprint density at radius 2 is 2.33 bits per heavy atom. The van der Waals surface area contributed by atoms with Crippen molar-refractivity contribution >= 4 is 16.8 Å². The highest BCUT2D eigenvalue weighted by atomic mass is 16.5. The van der Waals surface area contributed by atoms with E-state index in [1.165, 1.54) is 0 Å². The van der Waals surface area contributed by atoms with Crippen molar-refractivity contribution in [2.75, 3.05) is 0 Å². The van der Waals surface area contributed by atoms with E-state index in [0.717, 1.165) is 22.0 Å². The van der Waals surface area contributed by atoms with Gasteiger partial charge in [-0.25, -0.2) is 5.48 Å². The molecule has 3 N–H and O–H groups in total. The molecule has 0 saturated heterocycles. The van der Waals surface area contributed by atoms with E-state index in [2.05, 4.69) is 4.98 Å². The number of hydrogen-bond acceptors (Lipinski definition) is 2. The highest BCUT2D eigenvalue weighted by Gasteiger charge is 2.07. The van der Waals surface area contributed by atoms with Crippen molar-refractivity contribution < 1.29 is 10.0 Å². The molecule has 0 fully saturated rings. The molecule has 2 aromatic rings. The predicted octanol–water partition coefficient (Wildman–Crippen LogP) is 1.52. The van der Waals surface area contributed by atoms with E-state index in [1.807, 2.05) is 25.1 Å². The number of carbonyl (C=O) groups is 1. The lowest BCUT2D eigenvalue weighted by atomic mass is 10.1. The van der Waals surface area contributed by atoms with Crippen LogP contribution in [0.15, 0.2) is 24.4 Å². The number of fused-ring (bicyclic) bond motifs is 1. The van der Waals surface area contributed by atoms with Crippen LogP contribution in [0.1, 0.15) is 11.1 Å². The fourth-order valence-corrected chi connectivity index (χ4v) is 1.65. The van der Waals surface area contributed by atoms with Crippen LogP contribution in [0.4, 0.5) is 0 Å². The SMILES string of the molecule is Cc1ccc2[nH]cc(CC(=O)NO)c2c1. The molecule has 78 valence electrons. The predicted molar refractivity (Wildman–Crippen MR) is 56.7 cm³/mol. The lowest BCUT2D eigenvalue weighted by Crippen LogP contribution is -2.20. The van der Waals surface area contributed by atoms with Crippen molar-refractivity contribution in [1.29, 1.82) is 0 Å². The molecular weight excluding hydrogens is 192 g/mol. The summed E-state index contributed by atoms with van der Waals surface area (Å²) >= 11 is 0. The van der Waals surface area contributed by atoms with E-state index < -0.39 is 5.91 Å². The minimum atomic E-state index is -0.405. The number of aromatic nitrogens is 1. The lowest BCUT2D eigenvalue weighted by Gasteiger charge is -1.98. The van der Waals surface area contributed by atoms with Gasteiger partial charge in [-0.3, -0.25) is 10.0 Å². The summed E-state index contributed by atoms with van der Waals surface area (Å²) in [6, 6.07) is 6.01. The standard InChI is InChI=1S/C11H12N2O2/c1-7-2-3-10-9(4-7)8(6-12-10)5-11(14)13-15/h2-4,6,12,15H,5H2,1H3,(H,13,14). The van der Waals surface area contributed by atoms with Gasteiger partial charge in [0.15, 0.2) is 0 Å². The second kappa shape index (κ2) is 3.74. The number of aromatic amines is 1. The Bertz CT molecular complexity index is 502. The molecule has 1 heterocycles. The van der Waals surface area contributed by atoms with Gasteiger partial charge in [0.25, 0.3) is 0 Å². The minimum Gasteiger partial charge on any atom is -0.361 e. The second-order valence-corrected chi connectivity index (χ2v) is 3.57. The van der Waals surface area contributed by atoms with Crippen LogP contribution in [-0.2, 0) is 11.2 Å². The van der Waals surface area contributed by atoms with E-state index in [0.29, 0.717) is 0 Å². The number of H-pyrrole nitrogens is 1. The monoisotopic (exact) mass is 204 g/mol. The molecule has 0 spiro atoms. The van der Waals surface area contributed by atoms with Gasteiger partial charge in [0, 0.05) is 17.1 Å². The highest BCUT2D eigenvalue weighted by Crippen LogP contribution is 2.19. The molecule has 4 heteroatoms. The first-order valence-electron chi connectivity index (χ1n) is 4.70. The van der Waals surface area contributed by atoms with Gasteiger partial charge < -0.3 is 4.98 Å². The maximum Gasteiger partial charge on any atom is 0.247 e. The van der Waals surface area contributed by atoms with Crippen molar-refractivity contribution in [3.05, 3.63) is 35.5 Å². The van der Waals surface area contributed by atoms with Crippen LogP contribution in [0.5, 0.6) is 0 Å². The molecule has 0 saturated carbocycles. The summed E-state index contributed by atoms with van der Waals surface area (Å²) in [5.41, 5.74) is 4.67. The Kier molecular flexibility index (Phi) is 2.43. The molecule has 2 rings (SSSR count). The third-order valence-corrected chi connectivity index (χ3v) is 2.40. The zero-order valence-electron chi connectivity index (χ0n) is 8.37. The molecule has 4 nitrogen and oxygen atoms in total. The summed E-state index contributed by atoms with van der Waals surface area (Å²) < 4.78 is 0. The summed E-state index contributed by atoms with van der Waals surface area (Å²) in [6.45, 7) is 2.00.